The number of hydrogen-bond acceptors (Lipinski definition) is 3. The van der Waals surface area contributed by atoms with Crippen LogP contribution in [0.15, 0.2) is 0 Å². The molecule has 0 bridgehead atoms. The van der Waals surface area contributed by atoms with Crippen molar-refractivity contribution in [1.82, 2.24) is 4.90 Å². The summed E-state index contributed by atoms with van der Waals surface area (Å²) in [6.45, 7) is 2.52. The van der Waals surface area contributed by atoms with Crippen LogP contribution in [0.1, 0.15) is 12.8 Å². The fourth-order valence-corrected chi connectivity index (χ4v) is 2.21. The summed E-state index contributed by atoms with van der Waals surface area (Å²) >= 11 is 5.93. The maximum absolute atomic E-state index is 10.9. The zero-order valence-corrected chi connectivity index (χ0v) is 9.44. The van der Waals surface area contributed by atoms with E-state index >= 15 is 0 Å². The number of likely N-dealkylation sites (tertiary alicyclic amines) is 1. The van der Waals surface area contributed by atoms with Gasteiger partial charge < -0.3 is 4.90 Å². The molecule has 1 fully saturated rings. The summed E-state index contributed by atoms with van der Waals surface area (Å²) < 4.78 is 21.8. The Bertz CT molecular complexity index is 245. The van der Waals surface area contributed by atoms with E-state index in [2.05, 4.69) is 4.90 Å². The first kappa shape index (κ1) is 11.3. The number of alkyl halides is 1. The minimum Gasteiger partial charge on any atom is -0.302 e. The molecule has 0 N–H and O–H groups in total. The van der Waals surface area contributed by atoms with Gasteiger partial charge in [-0.3, -0.25) is 0 Å². The molecule has 0 aromatic heterocycles. The van der Waals surface area contributed by atoms with Gasteiger partial charge >= 0.3 is 0 Å². The Morgan fingerprint density at radius 3 is 2.38 bits per heavy atom. The Morgan fingerprint density at radius 2 is 1.92 bits per heavy atom. The van der Waals surface area contributed by atoms with Crippen molar-refractivity contribution in [1.29, 1.82) is 0 Å². The lowest BCUT2D eigenvalue weighted by molar-refractivity contribution is 0.244. The second-order valence-electron chi connectivity index (χ2n) is 3.65. The van der Waals surface area contributed by atoms with Crippen LogP contribution >= 0.6 is 11.6 Å². The molecule has 1 saturated heterocycles. The van der Waals surface area contributed by atoms with E-state index in [1.807, 2.05) is 0 Å². The number of hydrogen-bond donors (Lipinski definition) is 0. The van der Waals surface area contributed by atoms with Crippen LogP contribution in [0.25, 0.3) is 0 Å². The molecule has 3 nitrogen and oxygen atoms in total. The second kappa shape index (κ2) is 4.62. The van der Waals surface area contributed by atoms with Crippen molar-refractivity contribution in [2.45, 2.75) is 18.2 Å². The Labute approximate surface area is 85.0 Å². The van der Waals surface area contributed by atoms with Gasteiger partial charge in [0.2, 0.25) is 0 Å². The average Bonchev–Trinajstić information content (AvgIpc) is 2.02. The minimum atomic E-state index is -2.81. The summed E-state index contributed by atoms with van der Waals surface area (Å²) in [6, 6.07) is 0. The molecule has 1 aliphatic rings. The van der Waals surface area contributed by atoms with Crippen LogP contribution in [0.2, 0.25) is 0 Å². The standard InChI is InChI=1S/C8H16ClNO2S/c1-13(11,12)7-6-10-4-2-8(9)3-5-10/h8H,2-7H2,1H3. The predicted octanol–water partition coefficient (Wildman–Crippen LogP) is 0.734. The van der Waals surface area contributed by atoms with Crippen molar-refractivity contribution >= 4 is 21.4 Å². The molecule has 0 radical (unpaired) electrons. The zero-order valence-electron chi connectivity index (χ0n) is 7.87. The number of sulfone groups is 1. The molecule has 0 amide bonds. The highest BCUT2D eigenvalue weighted by molar-refractivity contribution is 7.90. The van der Waals surface area contributed by atoms with E-state index in [-0.39, 0.29) is 11.1 Å². The maximum atomic E-state index is 10.9. The number of nitrogens with zero attached hydrogens (tertiary/aromatic N) is 1. The smallest absolute Gasteiger partial charge is 0.148 e. The van der Waals surface area contributed by atoms with Gasteiger partial charge in [0.05, 0.1) is 5.75 Å². The third kappa shape index (κ3) is 4.84. The minimum absolute atomic E-state index is 0.264. The van der Waals surface area contributed by atoms with Crippen LogP contribution in [0.4, 0.5) is 0 Å². The summed E-state index contributed by atoms with van der Waals surface area (Å²) in [4.78, 5) is 2.17. The molecular formula is C8H16ClNO2S. The topological polar surface area (TPSA) is 37.4 Å². The maximum Gasteiger partial charge on any atom is 0.148 e. The Balaban J connectivity index is 2.24. The van der Waals surface area contributed by atoms with Gasteiger partial charge in [-0.15, -0.1) is 11.6 Å². The lowest BCUT2D eigenvalue weighted by Gasteiger charge is -2.28. The van der Waals surface area contributed by atoms with Gasteiger partial charge in [0.1, 0.15) is 9.84 Å². The molecule has 78 valence electrons. The largest absolute Gasteiger partial charge is 0.302 e. The van der Waals surface area contributed by atoms with E-state index in [1.165, 1.54) is 6.26 Å². The highest BCUT2D eigenvalue weighted by atomic mass is 35.5. The Morgan fingerprint density at radius 1 is 1.38 bits per heavy atom. The summed E-state index contributed by atoms with van der Waals surface area (Å²) in [5.74, 6) is 0.264. The quantitative estimate of drug-likeness (QED) is 0.665. The monoisotopic (exact) mass is 225 g/mol. The van der Waals surface area contributed by atoms with Crippen LogP contribution in [0.3, 0.4) is 0 Å². The van der Waals surface area contributed by atoms with Crippen molar-refractivity contribution in [2.24, 2.45) is 0 Å². The van der Waals surface area contributed by atoms with Gasteiger partial charge in [-0.05, 0) is 25.9 Å². The molecule has 0 saturated carbocycles. The molecule has 13 heavy (non-hydrogen) atoms. The van der Waals surface area contributed by atoms with Crippen LogP contribution < -0.4 is 0 Å². The highest BCUT2D eigenvalue weighted by Crippen LogP contribution is 2.14. The predicted molar refractivity (Wildman–Crippen MR) is 55.0 cm³/mol. The van der Waals surface area contributed by atoms with Crippen molar-refractivity contribution in [3.8, 4) is 0 Å². The molecule has 0 aromatic rings. The molecular weight excluding hydrogens is 210 g/mol. The fourth-order valence-electron chi connectivity index (χ4n) is 1.42. The molecule has 1 rings (SSSR count). The van der Waals surface area contributed by atoms with E-state index in [0.29, 0.717) is 6.54 Å². The molecule has 5 heteroatoms. The first-order chi connectivity index (χ1) is 5.97. The summed E-state index contributed by atoms with van der Waals surface area (Å²) in [6.07, 6.45) is 3.23. The molecule has 0 atom stereocenters. The molecule has 0 unspecified atom stereocenters. The highest BCUT2D eigenvalue weighted by Gasteiger charge is 2.17. The van der Waals surface area contributed by atoms with E-state index in [4.69, 9.17) is 11.6 Å². The van der Waals surface area contributed by atoms with Crippen molar-refractivity contribution in [3.63, 3.8) is 0 Å². The van der Waals surface area contributed by atoms with Crippen molar-refractivity contribution in [3.05, 3.63) is 0 Å². The molecule has 1 heterocycles. The van der Waals surface area contributed by atoms with Gasteiger partial charge in [-0.25, -0.2) is 8.42 Å². The van der Waals surface area contributed by atoms with E-state index in [1.54, 1.807) is 0 Å². The van der Waals surface area contributed by atoms with E-state index < -0.39 is 9.84 Å². The fraction of sp³-hybridized carbons (Fsp3) is 1.00. The van der Waals surface area contributed by atoms with Gasteiger partial charge in [0.15, 0.2) is 0 Å². The average molecular weight is 226 g/mol. The van der Waals surface area contributed by atoms with Crippen LogP contribution in [0.5, 0.6) is 0 Å². The van der Waals surface area contributed by atoms with Crippen LogP contribution in [0, 0.1) is 0 Å². The Hall–Kier alpha value is 0.200. The molecule has 0 spiro atoms. The lowest BCUT2D eigenvalue weighted by Crippen LogP contribution is -2.37. The second-order valence-corrected chi connectivity index (χ2v) is 6.52. The van der Waals surface area contributed by atoms with E-state index in [9.17, 15) is 8.42 Å². The van der Waals surface area contributed by atoms with Crippen LogP contribution in [-0.2, 0) is 9.84 Å². The zero-order chi connectivity index (χ0) is 9.90. The SMILES string of the molecule is CS(=O)(=O)CCN1CCC(Cl)CC1. The van der Waals surface area contributed by atoms with Gasteiger partial charge in [-0.1, -0.05) is 0 Å². The number of rotatable bonds is 3. The molecule has 1 aliphatic heterocycles. The third-order valence-electron chi connectivity index (χ3n) is 2.30. The normalized spacial score (nSPS) is 22.0. The number of halogens is 1. The summed E-state index contributed by atoms with van der Waals surface area (Å²) in [5.41, 5.74) is 0. The molecule has 0 aliphatic carbocycles. The van der Waals surface area contributed by atoms with Crippen molar-refractivity contribution in [2.75, 3.05) is 31.6 Å². The van der Waals surface area contributed by atoms with Crippen LogP contribution in [-0.4, -0.2) is 50.3 Å². The van der Waals surface area contributed by atoms with Gasteiger partial charge in [0, 0.05) is 18.2 Å². The first-order valence-electron chi connectivity index (χ1n) is 4.51. The summed E-state index contributed by atoms with van der Waals surface area (Å²) in [5, 5.41) is 0.287. The molecule has 0 aromatic carbocycles. The van der Waals surface area contributed by atoms with Crippen molar-refractivity contribution < 1.29 is 8.42 Å². The summed E-state index contributed by atoms with van der Waals surface area (Å²) in [7, 11) is -2.81. The number of piperidine rings is 1. The van der Waals surface area contributed by atoms with Gasteiger partial charge in [0.25, 0.3) is 0 Å². The van der Waals surface area contributed by atoms with E-state index in [0.717, 1.165) is 25.9 Å². The first-order valence-corrected chi connectivity index (χ1v) is 7.01. The third-order valence-corrected chi connectivity index (χ3v) is 3.66. The Kier molecular flexibility index (Phi) is 4.01. The van der Waals surface area contributed by atoms with Gasteiger partial charge in [-0.2, -0.15) is 0 Å². The lowest BCUT2D eigenvalue weighted by atomic mass is 10.1.